The average molecular weight is 443 g/mol. The number of aromatic nitrogens is 1. The van der Waals surface area contributed by atoms with E-state index in [-0.39, 0.29) is 23.8 Å². The molecule has 172 valence electrons. The van der Waals surface area contributed by atoms with Gasteiger partial charge in [0.25, 0.3) is 0 Å². The Hall–Kier alpha value is -2.68. The predicted molar refractivity (Wildman–Crippen MR) is 114 cm³/mol. The van der Waals surface area contributed by atoms with Crippen molar-refractivity contribution in [3.63, 3.8) is 0 Å². The largest absolute Gasteiger partial charge is 0.360 e. The van der Waals surface area contributed by atoms with Crippen LogP contribution < -0.4 is 10.6 Å². The zero-order chi connectivity index (χ0) is 22.8. The van der Waals surface area contributed by atoms with Gasteiger partial charge in [0, 0.05) is 17.6 Å². The molecule has 5 atom stereocenters. The summed E-state index contributed by atoms with van der Waals surface area (Å²) in [5.74, 6) is -1.37. The highest BCUT2D eigenvalue weighted by atomic mass is 16.5. The molecule has 3 fully saturated rings. The van der Waals surface area contributed by atoms with Crippen LogP contribution >= 0.6 is 0 Å². The normalized spacial score (nSPS) is 33.8. The highest BCUT2D eigenvalue weighted by Gasteiger charge is 2.73. The van der Waals surface area contributed by atoms with Crippen LogP contribution in [0.4, 0.5) is 5.82 Å². The van der Waals surface area contributed by atoms with Crippen LogP contribution in [-0.2, 0) is 19.1 Å². The fourth-order valence-electron chi connectivity index (χ4n) is 5.86. The topological polar surface area (TPSA) is 114 Å². The number of ether oxygens (including phenoxy) is 1. The van der Waals surface area contributed by atoms with Crippen LogP contribution in [0.25, 0.3) is 0 Å². The molecule has 1 saturated carbocycles. The number of fused-ring (bicyclic) bond motifs is 1. The van der Waals surface area contributed by atoms with E-state index in [1.54, 1.807) is 17.9 Å². The maximum Gasteiger partial charge on any atom is 0.246 e. The maximum atomic E-state index is 13.8. The van der Waals surface area contributed by atoms with Crippen LogP contribution in [0.1, 0.15) is 52.2 Å². The summed E-state index contributed by atoms with van der Waals surface area (Å²) in [4.78, 5) is 42.3. The molecule has 4 heterocycles. The third kappa shape index (κ3) is 3.17. The minimum atomic E-state index is -1.14. The molecule has 1 aromatic heterocycles. The van der Waals surface area contributed by atoms with Crippen LogP contribution in [0.3, 0.4) is 0 Å². The Morgan fingerprint density at radius 2 is 1.94 bits per heavy atom. The molecule has 0 unspecified atom stereocenters. The molecule has 2 bridgehead atoms. The van der Waals surface area contributed by atoms with Crippen LogP contribution in [0.15, 0.2) is 22.7 Å². The third-order valence-electron chi connectivity index (χ3n) is 6.96. The molecule has 3 aliphatic heterocycles. The van der Waals surface area contributed by atoms with E-state index in [1.165, 1.54) is 0 Å². The number of carbonyl (C=O) groups excluding carboxylic acids is 3. The highest BCUT2D eigenvalue weighted by molar-refractivity contribution is 6.02. The molecule has 9 heteroatoms. The van der Waals surface area contributed by atoms with E-state index in [9.17, 15) is 14.4 Å². The van der Waals surface area contributed by atoms with Crippen molar-refractivity contribution in [3.05, 3.63) is 24.0 Å². The van der Waals surface area contributed by atoms with Crippen molar-refractivity contribution in [1.29, 1.82) is 0 Å². The van der Waals surface area contributed by atoms with Gasteiger partial charge in [0.15, 0.2) is 5.82 Å². The van der Waals surface area contributed by atoms with Gasteiger partial charge >= 0.3 is 0 Å². The van der Waals surface area contributed by atoms with Crippen molar-refractivity contribution in [2.24, 2.45) is 11.8 Å². The van der Waals surface area contributed by atoms with Gasteiger partial charge in [0.2, 0.25) is 17.7 Å². The van der Waals surface area contributed by atoms with Gasteiger partial charge in [-0.25, -0.2) is 0 Å². The first-order valence-electron chi connectivity index (χ1n) is 11.4. The average Bonchev–Trinajstić information content (AvgIpc) is 3.48. The number of nitrogens with one attached hydrogen (secondary N) is 2. The molecule has 2 saturated heterocycles. The second-order valence-electron chi connectivity index (χ2n) is 10.4. The molecule has 5 rings (SSSR count). The number of hydrogen-bond acceptors (Lipinski definition) is 6. The third-order valence-corrected chi connectivity index (χ3v) is 6.96. The van der Waals surface area contributed by atoms with Crippen LogP contribution in [0.2, 0.25) is 0 Å². The van der Waals surface area contributed by atoms with Crippen molar-refractivity contribution in [1.82, 2.24) is 15.4 Å². The molecule has 2 N–H and O–H groups in total. The molecule has 32 heavy (non-hydrogen) atoms. The zero-order valence-corrected chi connectivity index (χ0v) is 18.9. The quantitative estimate of drug-likeness (QED) is 0.689. The molecular formula is C23H30N4O5. The summed E-state index contributed by atoms with van der Waals surface area (Å²) in [7, 11) is 0. The van der Waals surface area contributed by atoms with Gasteiger partial charge in [0.05, 0.1) is 17.9 Å². The van der Waals surface area contributed by atoms with Crippen molar-refractivity contribution in [2.75, 3.05) is 5.32 Å². The van der Waals surface area contributed by atoms with E-state index in [4.69, 9.17) is 9.26 Å². The predicted octanol–water partition coefficient (Wildman–Crippen LogP) is 1.93. The van der Waals surface area contributed by atoms with Crippen LogP contribution in [-0.4, -0.2) is 57.1 Å². The lowest BCUT2D eigenvalue weighted by atomic mass is 9.74. The Morgan fingerprint density at radius 1 is 1.22 bits per heavy atom. The number of aryl methyl sites for hydroxylation is 1. The summed E-state index contributed by atoms with van der Waals surface area (Å²) < 4.78 is 11.4. The minimum Gasteiger partial charge on any atom is -0.360 e. The van der Waals surface area contributed by atoms with Gasteiger partial charge in [-0.15, -0.1) is 0 Å². The SMILES string of the molecule is Cc1cc(NC(=O)[C@@H]2[C@H]3C=C[C@]4(O3)[C@H](C(=O)NC(C)(C)C)N(C3CCCC3)C(=O)[C@@H]24)no1. The lowest BCUT2D eigenvalue weighted by molar-refractivity contribution is -0.144. The van der Waals surface area contributed by atoms with Gasteiger partial charge in [-0.1, -0.05) is 30.2 Å². The molecular weight excluding hydrogens is 412 g/mol. The molecule has 0 aromatic carbocycles. The van der Waals surface area contributed by atoms with E-state index < -0.39 is 35.1 Å². The van der Waals surface area contributed by atoms with E-state index in [2.05, 4.69) is 15.8 Å². The van der Waals surface area contributed by atoms with E-state index in [0.29, 0.717) is 11.6 Å². The molecule has 1 aromatic rings. The van der Waals surface area contributed by atoms with Crippen molar-refractivity contribution >= 4 is 23.5 Å². The molecule has 9 nitrogen and oxygen atoms in total. The summed E-state index contributed by atoms with van der Waals surface area (Å²) in [5.41, 5.74) is -1.60. The monoisotopic (exact) mass is 442 g/mol. The Kier molecular flexibility index (Phi) is 4.74. The fraction of sp³-hybridized carbons (Fsp3) is 0.652. The number of anilines is 1. The fourth-order valence-corrected chi connectivity index (χ4v) is 5.86. The molecule has 3 amide bonds. The number of nitrogens with zero attached hydrogens (tertiary/aromatic N) is 2. The van der Waals surface area contributed by atoms with Crippen molar-refractivity contribution in [2.45, 2.75) is 82.7 Å². The lowest BCUT2D eigenvalue weighted by Crippen LogP contribution is -2.59. The number of likely N-dealkylation sites (tertiary alicyclic amines) is 1. The van der Waals surface area contributed by atoms with Crippen molar-refractivity contribution < 1.29 is 23.6 Å². The van der Waals surface area contributed by atoms with E-state index in [1.807, 2.05) is 32.9 Å². The Bertz CT molecular complexity index is 989. The molecule has 4 aliphatic rings. The summed E-state index contributed by atoms with van der Waals surface area (Å²) in [6.45, 7) is 7.47. The molecule has 0 radical (unpaired) electrons. The standard InChI is InChI=1S/C23H30N4O5/c1-12-11-15(26-32-12)24-19(28)16-14-9-10-23(31-14)17(16)21(30)27(13-7-5-6-8-13)18(23)20(29)25-22(2,3)4/h9-11,13-14,16-18H,5-8H2,1-4H3,(H,25,29)(H,24,26,28)/t14-,16-,17-,18+,23-/m1/s1. The van der Waals surface area contributed by atoms with Crippen molar-refractivity contribution in [3.8, 4) is 0 Å². The summed E-state index contributed by atoms with van der Waals surface area (Å²) in [5, 5.41) is 9.63. The molecule has 1 aliphatic carbocycles. The van der Waals surface area contributed by atoms with Gasteiger partial charge in [0.1, 0.15) is 17.4 Å². The second kappa shape index (κ2) is 7.16. The maximum absolute atomic E-state index is 13.8. The summed E-state index contributed by atoms with van der Waals surface area (Å²) >= 11 is 0. The first-order valence-corrected chi connectivity index (χ1v) is 11.4. The summed E-state index contributed by atoms with van der Waals surface area (Å²) in [6.07, 6.45) is 6.85. The number of amides is 3. The summed E-state index contributed by atoms with van der Waals surface area (Å²) in [6, 6.07) is 0.810. The van der Waals surface area contributed by atoms with Crippen LogP contribution in [0, 0.1) is 18.8 Å². The van der Waals surface area contributed by atoms with E-state index >= 15 is 0 Å². The Morgan fingerprint density at radius 3 is 2.56 bits per heavy atom. The van der Waals surface area contributed by atoms with Gasteiger partial charge in [-0.2, -0.15) is 0 Å². The van der Waals surface area contributed by atoms with Gasteiger partial charge < -0.3 is 24.8 Å². The van der Waals surface area contributed by atoms with Crippen LogP contribution in [0.5, 0.6) is 0 Å². The number of rotatable bonds is 4. The van der Waals surface area contributed by atoms with E-state index in [0.717, 1.165) is 25.7 Å². The van der Waals surface area contributed by atoms with Gasteiger partial charge in [-0.3, -0.25) is 14.4 Å². The minimum absolute atomic E-state index is 0.0175. The molecule has 1 spiro atoms. The lowest BCUT2D eigenvalue weighted by Gasteiger charge is -2.37. The second-order valence-corrected chi connectivity index (χ2v) is 10.4. The number of carbonyl (C=O) groups is 3. The smallest absolute Gasteiger partial charge is 0.246 e. The zero-order valence-electron chi connectivity index (χ0n) is 18.9. The van der Waals surface area contributed by atoms with Gasteiger partial charge in [-0.05, 0) is 40.5 Å². The Labute approximate surface area is 186 Å². The number of hydrogen-bond donors (Lipinski definition) is 2. The first kappa shape index (κ1) is 21.2. The highest BCUT2D eigenvalue weighted by Crippen LogP contribution is 2.56. The first-order chi connectivity index (χ1) is 15.1. The Balaban J connectivity index is 1.50.